The Labute approximate surface area is 200 Å². The molecule has 6 aliphatic rings. The van der Waals surface area contributed by atoms with E-state index >= 15 is 0 Å². The van der Waals surface area contributed by atoms with E-state index in [1.807, 2.05) is 20.8 Å². The Morgan fingerprint density at radius 3 is 2.53 bits per heavy atom. The fraction of sp³-hybridized carbons (Fsp3) is 0.885. The van der Waals surface area contributed by atoms with E-state index in [0.29, 0.717) is 32.1 Å². The largest absolute Gasteiger partial charge is 0.458 e. The van der Waals surface area contributed by atoms with Crippen molar-refractivity contribution < 1.29 is 39.4 Å². The summed E-state index contributed by atoms with van der Waals surface area (Å²) in [4.78, 5) is 11.8. The molecule has 8 nitrogen and oxygen atoms in total. The number of hydrogen-bond acceptors (Lipinski definition) is 8. The second-order valence-corrected chi connectivity index (χ2v) is 12.7. The minimum absolute atomic E-state index is 0.0420. The lowest BCUT2D eigenvalue weighted by atomic mass is 9.40. The first-order chi connectivity index (χ1) is 15.9. The van der Waals surface area contributed by atoms with Gasteiger partial charge in [-0.2, -0.15) is 0 Å². The summed E-state index contributed by atoms with van der Waals surface area (Å²) >= 11 is 0. The number of rotatable bonds is 1. The predicted molar refractivity (Wildman–Crippen MR) is 119 cm³/mol. The summed E-state index contributed by atoms with van der Waals surface area (Å²) in [6.07, 6.45) is 2.81. The number of hydrogen-bond donors (Lipinski definition) is 4. The molecular formula is C26H38O8. The molecule has 0 aromatic heterocycles. The minimum atomic E-state index is -1.25. The van der Waals surface area contributed by atoms with Crippen molar-refractivity contribution in [3.8, 4) is 0 Å². The fourth-order valence-electron chi connectivity index (χ4n) is 9.45. The van der Waals surface area contributed by atoms with Crippen LogP contribution in [0.15, 0.2) is 11.6 Å². The lowest BCUT2D eigenvalue weighted by Crippen LogP contribution is -2.78. The van der Waals surface area contributed by atoms with Crippen LogP contribution in [0.5, 0.6) is 0 Å². The molecule has 6 rings (SSSR count). The summed E-state index contributed by atoms with van der Waals surface area (Å²) in [5.41, 5.74) is -2.92. The maximum absolute atomic E-state index is 12.4. The molecule has 0 aromatic rings. The first-order valence-electron chi connectivity index (χ1n) is 12.9. The minimum Gasteiger partial charge on any atom is -0.458 e. The Kier molecular flexibility index (Phi) is 4.84. The molecule has 1 spiro atoms. The average molecular weight is 479 g/mol. The van der Waals surface area contributed by atoms with Gasteiger partial charge in [0.05, 0.1) is 41.5 Å². The van der Waals surface area contributed by atoms with Crippen LogP contribution in [0, 0.1) is 28.6 Å². The van der Waals surface area contributed by atoms with Gasteiger partial charge in [-0.1, -0.05) is 6.92 Å². The number of esters is 1. The van der Waals surface area contributed by atoms with E-state index in [0.717, 1.165) is 12.0 Å². The second kappa shape index (κ2) is 7.05. The number of fused-ring (bicyclic) bond motifs is 3. The van der Waals surface area contributed by atoms with Crippen LogP contribution in [0.3, 0.4) is 0 Å². The summed E-state index contributed by atoms with van der Waals surface area (Å²) < 4.78 is 17.7. The summed E-state index contributed by atoms with van der Waals surface area (Å²) in [5.74, 6) is -1.91. The quantitative estimate of drug-likeness (QED) is 0.417. The number of carbonyl (C=O) groups is 1. The molecular weight excluding hydrogens is 440 g/mol. The molecule has 4 N–H and O–H groups in total. The molecule has 10 atom stereocenters. The summed E-state index contributed by atoms with van der Waals surface area (Å²) in [6.45, 7) is 6.19. The van der Waals surface area contributed by atoms with Crippen molar-refractivity contribution in [2.75, 3.05) is 13.2 Å². The Morgan fingerprint density at radius 2 is 1.82 bits per heavy atom. The van der Waals surface area contributed by atoms with Gasteiger partial charge in [0.1, 0.15) is 6.61 Å². The zero-order valence-corrected chi connectivity index (χ0v) is 20.3. The average Bonchev–Trinajstić information content (AvgIpc) is 3.26. The molecule has 0 bridgehead atoms. The van der Waals surface area contributed by atoms with E-state index in [1.54, 1.807) is 6.08 Å². The molecule has 4 saturated carbocycles. The SMILES string of the molecule is CC1(C)OC[C@@]23[C@H]4[C@H](O)C[C@]5(C)[C@@H](C6=CC(=O)OC6)CC[C@@]5(O)[C@@H]4CC[C@@]2(O)C[C@@H](O)C[C@H]3O1. The maximum atomic E-state index is 12.4. The molecule has 0 unspecified atom stereocenters. The van der Waals surface area contributed by atoms with Crippen LogP contribution in [0.25, 0.3) is 0 Å². The summed E-state index contributed by atoms with van der Waals surface area (Å²) in [6, 6.07) is 0. The highest BCUT2D eigenvalue weighted by Gasteiger charge is 2.76. The molecule has 4 aliphatic carbocycles. The monoisotopic (exact) mass is 478 g/mol. The van der Waals surface area contributed by atoms with Crippen LogP contribution in [-0.4, -0.2) is 74.9 Å². The molecule has 1 saturated heterocycles. The lowest BCUT2D eigenvalue weighted by molar-refractivity contribution is -0.401. The molecule has 190 valence electrons. The van der Waals surface area contributed by atoms with Gasteiger partial charge >= 0.3 is 5.97 Å². The molecule has 8 heteroatoms. The van der Waals surface area contributed by atoms with Gasteiger partial charge in [0.25, 0.3) is 0 Å². The van der Waals surface area contributed by atoms with Gasteiger partial charge in [-0.15, -0.1) is 0 Å². The van der Waals surface area contributed by atoms with Crippen molar-refractivity contribution in [3.05, 3.63) is 11.6 Å². The van der Waals surface area contributed by atoms with E-state index in [-0.39, 0.29) is 37.4 Å². The number of carbonyl (C=O) groups excluding carboxylic acids is 1. The van der Waals surface area contributed by atoms with Crippen molar-refractivity contribution in [2.45, 2.75) is 101 Å². The first kappa shape index (κ1) is 23.4. The Hall–Kier alpha value is -1.03. The smallest absolute Gasteiger partial charge is 0.331 e. The summed E-state index contributed by atoms with van der Waals surface area (Å²) in [7, 11) is 0. The van der Waals surface area contributed by atoms with Crippen LogP contribution in [-0.2, 0) is 19.0 Å². The third kappa shape index (κ3) is 2.78. The maximum Gasteiger partial charge on any atom is 0.331 e. The van der Waals surface area contributed by atoms with Crippen molar-refractivity contribution in [2.24, 2.45) is 28.6 Å². The number of aliphatic hydroxyl groups excluding tert-OH is 2. The van der Waals surface area contributed by atoms with Crippen molar-refractivity contribution in [1.82, 2.24) is 0 Å². The van der Waals surface area contributed by atoms with Gasteiger partial charge in [-0.25, -0.2) is 4.79 Å². The molecule has 5 fully saturated rings. The third-order valence-electron chi connectivity index (χ3n) is 10.8. The van der Waals surface area contributed by atoms with E-state index in [1.165, 1.54) is 0 Å². The Morgan fingerprint density at radius 1 is 1.06 bits per heavy atom. The highest BCUT2D eigenvalue weighted by Crippen LogP contribution is 2.71. The van der Waals surface area contributed by atoms with Crippen molar-refractivity contribution in [3.63, 3.8) is 0 Å². The highest BCUT2D eigenvalue weighted by atomic mass is 16.7. The zero-order valence-electron chi connectivity index (χ0n) is 20.3. The van der Waals surface area contributed by atoms with Gasteiger partial charge < -0.3 is 34.6 Å². The molecule has 34 heavy (non-hydrogen) atoms. The molecule has 0 aromatic carbocycles. The Balaban J connectivity index is 1.43. The van der Waals surface area contributed by atoms with E-state index < -0.39 is 52.0 Å². The predicted octanol–water partition coefficient (Wildman–Crippen LogP) is 1.43. The summed E-state index contributed by atoms with van der Waals surface area (Å²) in [5, 5.41) is 46.9. The van der Waals surface area contributed by atoms with Gasteiger partial charge in [0.2, 0.25) is 0 Å². The third-order valence-corrected chi connectivity index (χ3v) is 10.8. The van der Waals surface area contributed by atoms with Crippen LogP contribution < -0.4 is 0 Å². The number of cyclic esters (lactones) is 1. The van der Waals surface area contributed by atoms with E-state index in [2.05, 4.69) is 0 Å². The van der Waals surface area contributed by atoms with Crippen LogP contribution in [0.1, 0.15) is 65.7 Å². The van der Waals surface area contributed by atoms with Crippen LogP contribution in [0.4, 0.5) is 0 Å². The van der Waals surface area contributed by atoms with Gasteiger partial charge in [-0.3, -0.25) is 0 Å². The molecule has 2 aliphatic heterocycles. The number of ether oxygens (including phenoxy) is 3. The van der Waals surface area contributed by atoms with Gasteiger partial charge in [0, 0.05) is 30.3 Å². The van der Waals surface area contributed by atoms with Gasteiger partial charge in [0.15, 0.2) is 5.79 Å². The van der Waals surface area contributed by atoms with Crippen molar-refractivity contribution >= 4 is 5.97 Å². The van der Waals surface area contributed by atoms with Crippen LogP contribution in [0.2, 0.25) is 0 Å². The fourth-order valence-corrected chi connectivity index (χ4v) is 9.45. The molecule has 0 radical (unpaired) electrons. The molecule has 2 heterocycles. The number of aliphatic hydroxyl groups is 4. The van der Waals surface area contributed by atoms with E-state index in [9.17, 15) is 25.2 Å². The Bertz CT molecular complexity index is 932. The van der Waals surface area contributed by atoms with Gasteiger partial charge in [-0.05, 0) is 63.4 Å². The lowest BCUT2D eigenvalue weighted by Gasteiger charge is -2.70. The van der Waals surface area contributed by atoms with Crippen molar-refractivity contribution in [1.29, 1.82) is 0 Å². The van der Waals surface area contributed by atoms with E-state index in [4.69, 9.17) is 14.2 Å². The highest BCUT2D eigenvalue weighted by molar-refractivity contribution is 5.85. The second-order valence-electron chi connectivity index (χ2n) is 12.7. The first-order valence-corrected chi connectivity index (χ1v) is 12.9. The topological polar surface area (TPSA) is 126 Å². The normalized spacial score (nSPS) is 56.0. The zero-order chi connectivity index (χ0) is 24.3. The molecule has 0 amide bonds. The standard InChI is InChI=1S/C26H38O8/c1-22(2)33-13-25-19(34-22)9-15(27)10-24(25,30)6-4-17-21(25)18(28)11-23(3)16(5-7-26(17,23)31)14-8-20(29)32-12-14/h8,15-19,21,27-28,30-31H,4-7,9-13H2,1-3H3/t15-,16+,17+,18+,19+,21+,23+,24+,25+,26+/m0/s1. The van der Waals surface area contributed by atoms with Crippen LogP contribution >= 0.6 is 0 Å².